The number of carbonyl (C=O) groups is 1. The Bertz CT molecular complexity index is 654. The van der Waals surface area contributed by atoms with E-state index >= 15 is 0 Å². The fourth-order valence-electron chi connectivity index (χ4n) is 2.80. The molecule has 0 saturated carbocycles. The second-order valence-corrected chi connectivity index (χ2v) is 5.64. The number of nitrogens with zero attached hydrogens (tertiary/aromatic N) is 1. The number of fused-ring (bicyclic) bond motifs is 1. The predicted octanol–water partition coefficient (Wildman–Crippen LogP) is 1.71. The first-order chi connectivity index (χ1) is 10.1. The van der Waals surface area contributed by atoms with Crippen molar-refractivity contribution in [2.75, 3.05) is 6.54 Å². The number of halogens is 1. The first kappa shape index (κ1) is 14.0. The highest BCUT2D eigenvalue weighted by Gasteiger charge is 2.24. The van der Waals surface area contributed by atoms with Crippen LogP contribution in [0.2, 0.25) is 0 Å². The van der Waals surface area contributed by atoms with Crippen LogP contribution in [0.5, 0.6) is 0 Å². The zero-order valence-corrected chi connectivity index (χ0v) is 11.9. The number of nitrogens with one attached hydrogen (secondary N) is 3. The summed E-state index contributed by atoms with van der Waals surface area (Å²) in [5, 5.41) is 6.24. The average molecular weight is 290 g/mol. The molecule has 3 rings (SSSR count). The number of hydrogen-bond acceptors (Lipinski definition) is 3. The van der Waals surface area contributed by atoms with Gasteiger partial charge in [-0.25, -0.2) is 9.37 Å². The number of hydrogen-bond donors (Lipinski definition) is 3. The number of H-pyrrole nitrogens is 1. The Balaban J connectivity index is 1.61. The maximum absolute atomic E-state index is 13.1. The number of carbonyl (C=O) groups excluding carboxylic acids is 1. The van der Waals surface area contributed by atoms with Crippen molar-refractivity contribution in [3.8, 4) is 0 Å². The summed E-state index contributed by atoms with van der Waals surface area (Å²) in [6.45, 7) is 3.31. The quantitative estimate of drug-likeness (QED) is 0.806. The van der Waals surface area contributed by atoms with Crippen molar-refractivity contribution in [3.63, 3.8) is 0 Å². The molecule has 3 N–H and O–H groups in total. The van der Waals surface area contributed by atoms with Crippen molar-refractivity contribution in [1.82, 2.24) is 20.6 Å². The molecule has 1 aromatic heterocycles. The van der Waals surface area contributed by atoms with E-state index in [1.165, 1.54) is 12.1 Å². The monoisotopic (exact) mass is 290 g/mol. The Morgan fingerprint density at radius 2 is 2.38 bits per heavy atom. The number of aromatic nitrogens is 2. The van der Waals surface area contributed by atoms with Crippen LogP contribution in [0.15, 0.2) is 18.2 Å². The van der Waals surface area contributed by atoms with Crippen LogP contribution in [-0.2, 0) is 11.3 Å². The molecule has 1 amide bonds. The van der Waals surface area contributed by atoms with Crippen LogP contribution in [0.3, 0.4) is 0 Å². The third kappa shape index (κ3) is 3.21. The van der Waals surface area contributed by atoms with Gasteiger partial charge in [0.15, 0.2) is 0 Å². The van der Waals surface area contributed by atoms with E-state index in [0.717, 1.165) is 19.4 Å². The van der Waals surface area contributed by atoms with Crippen LogP contribution in [0.4, 0.5) is 4.39 Å². The number of amides is 1. The van der Waals surface area contributed by atoms with Gasteiger partial charge in [-0.2, -0.15) is 0 Å². The Labute approximate surface area is 122 Å². The fourth-order valence-corrected chi connectivity index (χ4v) is 2.80. The first-order valence-corrected chi connectivity index (χ1v) is 7.27. The maximum atomic E-state index is 13.1. The van der Waals surface area contributed by atoms with Crippen molar-refractivity contribution in [2.45, 2.75) is 32.4 Å². The zero-order chi connectivity index (χ0) is 14.8. The number of imidazole rings is 1. The number of aromatic amines is 1. The molecule has 5 nitrogen and oxygen atoms in total. The molecule has 1 aromatic carbocycles. The van der Waals surface area contributed by atoms with Gasteiger partial charge in [-0.3, -0.25) is 4.79 Å². The topological polar surface area (TPSA) is 69.8 Å². The van der Waals surface area contributed by atoms with Crippen LogP contribution < -0.4 is 10.6 Å². The molecule has 2 aromatic rings. The van der Waals surface area contributed by atoms with E-state index < -0.39 is 0 Å². The lowest BCUT2D eigenvalue weighted by Crippen LogP contribution is -2.42. The van der Waals surface area contributed by atoms with Crippen molar-refractivity contribution >= 4 is 16.9 Å². The van der Waals surface area contributed by atoms with Gasteiger partial charge in [0.05, 0.1) is 17.6 Å². The van der Waals surface area contributed by atoms with Crippen molar-refractivity contribution in [1.29, 1.82) is 0 Å². The van der Waals surface area contributed by atoms with Gasteiger partial charge >= 0.3 is 0 Å². The summed E-state index contributed by atoms with van der Waals surface area (Å²) in [6.07, 6.45) is 1.72. The van der Waals surface area contributed by atoms with E-state index in [0.29, 0.717) is 29.4 Å². The third-order valence-corrected chi connectivity index (χ3v) is 3.92. The summed E-state index contributed by atoms with van der Waals surface area (Å²) in [7, 11) is 0. The lowest BCUT2D eigenvalue weighted by molar-refractivity contribution is -0.126. The van der Waals surface area contributed by atoms with E-state index in [4.69, 9.17) is 0 Å². The van der Waals surface area contributed by atoms with Crippen LogP contribution in [0, 0.1) is 11.7 Å². The van der Waals surface area contributed by atoms with Gasteiger partial charge in [0.1, 0.15) is 11.6 Å². The fraction of sp³-hybridized carbons (Fsp3) is 0.467. The molecule has 0 spiro atoms. The molecule has 2 heterocycles. The summed E-state index contributed by atoms with van der Waals surface area (Å²) in [5.41, 5.74) is 1.35. The largest absolute Gasteiger partial charge is 0.349 e. The van der Waals surface area contributed by atoms with E-state index in [-0.39, 0.29) is 17.6 Å². The van der Waals surface area contributed by atoms with Gasteiger partial charge in [-0.15, -0.1) is 0 Å². The van der Waals surface area contributed by atoms with Crippen LogP contribution in [0.25, 0.3) is 11.0 Å². The minimum Gasteiger partial charge on any atom is -0.349 e. The van der Waals surface area contributed by atoms with Crippen LogP contribution >= 0.6 is 0 Å². The highest BCUT2D eigenvalue weighted by molar-refractivity contribution is 5.79. The normalized spacial score (nSPS) is 22.4. The zero-order valence-electron chi connectivity index (χ0n) is 11.9. The van der Waals surface area contributed by atoms with Crippen LogP contribution in [-0.4, -0.2) is 28.5 Å². The van der Waals surface area contributed by atoms with Crippen molar-refractivity contribution in [3.05, 3.63) is 29.8 Å². The third-order valence-electron chi connectivity index (χ3n) is 3.92. The van der Waals surface area contributed by atoms with Gasteiger partial charge in [0.25, 0.3) is 0 Å². The van der Waals surface area contributed by atoms with Gasteiger partial charge in [-0.05, 0) is 44.5 Å². The lowest BCUT2D eigenvalue weighted by atomic mass is 9.92. The average Bonchev–Trinajstić information content (AvgIpc) is 2.86. The van der Waals surface area contributed by atoms with Gasteiger partial charge in [0, 0.05) is 12.0 Å². The van der Waals surface area contributed by atoms with Crippen LogP contribution in [0.1, 0.15) is 25.6 Å². The molecule has 2 atom stereocenters. The molecule has 0 bridgehead atoms. The standard InChI is InChI=1S/C15H19FN4O/c1-9-6-10(4-5-17-9)15(21)18-8-14-19-12-3-2-11(16)7-13(12)20-14/h2-3,7,9-10,17H,4-6,8H2,1H3,(H,18,21)(H,19,20)/t9-,10-/m0/s1. The first-order valence-electron chi connectivity index (χ1n) is 7.27. The van der Waals surface area contributed by atoms with E-state index in [2.05, 4.69) is 27.5 Å². The van der Waals surface area contributed by atoms with E-state index in [1.54, 1.807) is 6.07 Å². The van der Waals surface area contributed by atoms with Gasteiger partial charge < -0.3 is 15.6 Å². The second-order valence-electron chi connectivity index (χ2n) is 5.64. The summed E-state index contributed by atoms with van der Waals surface area (Å²) in [4.78, 5) is 19.5. The van der Waals surface area contributed by atoms with E-state index in [9.17, 15) is 9.18 Å². The molecule has 1 fully saturated rings. The molecule has 112 valence electrons. The molecule has 0 radical (unpaired) electrons. The molecule has 21 heavy (non-hydrogen) atoms. The summed E-state index contributed by atoms with van der Waals surface area (Å²) >= 11 is 0. The maximum Gasteiger partial charge on any atom is 0.223 e. The van der Waals surface area contributed by atoms with Gasteiger partial charge in [-0.1, -0.05) is 0 Å². The van der Waals surface area contributed by atoms with E-state index in [1.807, 2.05) is 0 Å². The van der Waals surface area contributed by atoms with Crippen molar-refractivity contribution in [2.24, 2.45) is 5.92 Å². The lowest BCUT2D eigenvalue weighted by Gasteiger charge is -2.26. The molecule has 0 unspecified atom stereocenters. The van der Waals surface area contributed by atoms with Gasteiger partial charge in [0.2, 0.25) is 5.91 Å². The molecule has 1 aliphatic rings. The second kappa shape index (κ2) is 5.81. The Morgan fingerprint density at radius 3 is 3.19 bits per heavy atom. The number of benzene rings is 1. The smallest absolute Gasteiger partial charge is 0.223 e. The summed E-state index contributed by atoms with van der Waals surface area (Å²) < 4.78 is 13.1. The Kier molecular flexibility index (Phi) is 3.88. The minimum atomic E-state index is -0.301. The molecular weight excluding hydrogens is 271 g/mol. The Morgan fingerprint density at radius 1 is 1.52 bits per heavy atom. The Hall–Kier alpha value is -1.95. The molecular formula is C15H19FN4O. The molecule has 1 aliphatic heterocycles. The number of rotatable bonds is 3. The molecule has 6 heteroatoms. The van der Waals surface area contributed by atoms with Crippen molar-refractivity contribution < 1.29 is 9.18 Å². The molecule has 0 aliphatic carbocycles. The molecule has 1 saturated heterocycles. The SMILES string of the molecule is C[C@H]1C[C@@H](C(=O)NCc2nc3ccc(F)cc3[nH]2)CCN1. The number of piperidine rings is 1. The summed E-state index contributed by atoms with van der Waals surface area (Å²) in [5.74, 6) is 0.467. The minimum absolute atomic E-state index is 0.0584. The summed E-state index contributed by atoms with van der Waals surface area (Å²) in [6, 6.07) is 4.79. The predicted molar refractivity (Wildman–Crippen MR) is 78.1 cm³/mol. The highest BCUT2D eigenvalue weighted by Crippen LogP contribution is 2.16. The highest BCUT2D eigenvalue weighted by atomic mass is 19.1.